The first kappa shape index (κ1) is 8.29. The van der Waals surface area contributed by atoms with Gasteiger partial charge in [0.2, 0.25) is 0 Å². The smallest absolute Gasteiger partial charge is 0.356 e. The van der Waals surface area contributed by atoms with E-state index in [9.17, 15) is 4.79 Å². The summed E-state index contributed by atoms with van der Waals surface area (Å²) >= 11 is 0. The highest BCUT2D eigenvalue weighted by Crippen LogP contribution is 2.36. The highest BCUT2D eigenvalue weighted by molar-refractivity contribution is 5.85. The highest BCUT2D eigenvalue weighted by atomic mass is 16.4. The first-order chi connectivity index (χ1) is 6.18. The van der Waals surface area contributed by atoms with Gasteiger partial charge in [-0.05, 0) is 18.9 Å². The molecule has 0 spiro atoms. The molecule has 1 aromatic heterocycles. The maximum atomic E-state index is 10.6. The molecule has 0 aromatic carbocycles. The molecule has 4 heteroatoms. The van der Waals surface area contributed by atoms with Gasteiger partial charge in [0.25, 0.3) is 0 Å². The van der Waals surface area contributed by atoms with E-state index < -0.39 is 5.97 Å². The number of carboxylic acid groups (broad SMARTS) is 1. The van der Waals surface area contributed by atoms with Crippen molar-refractivity contribution in [3.8, 4) is 0 Å². The van der Waals surface area contributed by atoms with Crippen LogP contribution in [0.5, 0.6) is 0 Å². The van der Waals surface area contributed by atoms with Crippen LogP contribution in [0, 0.1) is 0 Å². The summed E-state index contributed by atoms with van der Waals surface area (Å²) < 4.78 is 1.69. The SMILES string of the molecule is Cn1nc(C(=O)O)cc1C1CCC1. The predicted octanol–water partition coefficient (Wildman–Crippen LogP) is 1.39. The van der Waals surface area contributed by atoms with E-state index in [1.165, 1.54) is 19.3 Å². The Morgan fingerprint density at radius 3 is 2.77 bits per heavy atom. The maximum Gasteiger partial charge on any atom is 0.356 e. The van der Waals surface area contributed by atoms with Crippen molar-refractivity contribution in [2.24, 2.45) is 7.05 Å². The minimum atomic E-state index is -0.943. The van der Waals surface area contributed by atoms with Crippen LogP contribution >= 0.6 is 0 Å². The van der Waals surface area contributed by atoms with Gasteiger partial charge in [-0.1, -0.05) is 6.42 Å². The van der Waals surface area contributed by atoms with Gasteiger partial charge in [0.05, 0.1) is 0 Å². The topological polar surface area (TPSA) is 55.1 Å². The highest BCUT2D eigenvalue weighted by Gasteiger charge is 2.24. The van der Waals surface area contributed by atoms with Crippen LogP contribution in [0.2, 0.25) is 0 Å². The van der Waals surface area contributed by atoms with Crippen LogP contribution in [0.3, 0.4) is 0 Å². The largest absolute Gasteiger partial charge is 0.476 e. The molecule has 0 atom stereocenters. The lowest BCUT2D eigenvalue weighted by molar-refractivity contribution is 0.0689. The second-order valence-corrected chi connectivity index (χ2v) is 3.51. The monoisotopic (exact) mass is 180 g/mol. The van der Waals surface area contributed by atoms with Crippen LogP contribution in [0.4, 0.5) is 0 Å². The van der Waals surface area contributed by atoms with Crippen molar-refractivity contribution >= 4 is 5.97 Å². The van der Waals surface area contributed by atoms with Gasteiger partial charge < -0.3 is 5.11 Å². The normalized spacial score (nSPS) is 17.0. The summed E-state index contributed by atoms with van der Waals surface area (Å²) in [5.74, 6) is -0.410. The quantitative estimate of drug-likeness (QED) is 0.748. The van der Waals surface area contributed by atoms with E-state index >= 15 is 0 Å². The maximum absolute atomic E-state index is 10.6. The van der Waals surface area contributed by atoms with Crippen molar-refractivity contribution in [1.82, 2.24) is 9.78 Å². The summed E-state index contributed by atoms with van der Waals surface area (Å²) in [4.78, 5) is 10.6. The molecular weight excluding hydrogens is 168 g/mol. The van der Waals surface area contributed by atoms with Crippen LogP contribution in [-0.4, -0.2) is 20.9 Å². The Hall–Kier alpha value is -1.32. The van der Waals surface area contributed by atoms with E-state index in [4.69, 9.17) is 5.11 Å². The Bertz CT molecular complexity index is 339. The second-order valence-electron chi connectivity index (χ2n) is 3.51. The molecule has 0 saturated heterocycles. The molecule has 1 fully saturated rings. The fourth-order valence-corrected chi connectivity index (χ4v) is 1.67. The van der Waals surface area contributed by atoms with Crippen LogP contribution < -0.4 is 0 Å². The molecule has 1 aliphatic carbocycles. The fraction of sp³-hybridized carbons (Fsp3) is 0.556. The number of carbonyl (C=O) groups is 1. The van der Waals surface area contributed by atoms with Gasteiger partial charge >= 0.3 is 5.97 Å². The zero-order valence-electron chi connectivity index (χ0n) is 7.53. The lowest BCUT2D eigenvalue weighted by Gasteiger charge is -2.24. The molecule has 0 bridgehead atoms. The van der Waals surface area contributed by atoms with E-state index in [0.717, 1.165) is 5.69 Å². The van der Waals surface area contributed by atoms with Crippen molar-refractivity contribution in [3.63, 3.8) is 0 Å². The van der Waals surface area contributed by atoms with Gasteiger partial charge in [-0.3, -0.25) is 4.68 Å². The van der Waals surface area contributed by atoms with Gasteiger partial charge in [0, 0.05) is 18.7 Å². The standard InChI is InChI=1S/C9H12N2O2/c1-11-8(6-3-2-4-6)5-7(10-11)9(12)13/h5-6H,2-4H2,1H3,(H,12,13). The molecule has 1 N–H and O–H groups in total. The first-order valence-electron chi connectivity index (χ1n) is 4.45. The van der Waals surface area contributed by atoms with E-state index in [2.05, 4.69) is 5.10 Å². The third kappa shape index (κ3) is 1.32. The molecule has 1 heterocycles. The Morgan fingerprint density at radius 1 is 1.69 bits per heavy atom. The predicted molar refractivity (Wildman–Crippen MR) is 46.8 cm³/mol. The third-order valence-electron chi connectivity index (χ3n) is 2.66. The van der Waals surface area contributed by atoms with Crippen molar-refractivity contribution in [3.05, 3.63) is 17.5 Å². The molecule has 2 rings (SSSR count). The second kappa shape index (κ2) is 2.87. The molecule has 0 amide bonds. The van der Waals surface area contributed by atoms with Gasteiger partial charge in [-0.15, -0.1) is 0 Å². The summed E-state index contributed by atoms with van der Waals surface area (Å²) in [7, 11) is 1.81. The van der Waals surface area contributed by atoms with E-state index in [0.29, 0.717) is 5.92 Å². The number of hydrogen-bond acceptors (Lipinski definition) is 2. The van der Waals surface area contributed by atoms with Gasteiger partial charge in [0.1, 0.15) is 0 Å². The summed E-state index contributed by atoms with van der Waals surface area (Å²) in [5.41, 5.74) is 1.22. The molecule has 0 unspecified atom stereocenters. The lowest BCUT2D eigenvalue weighted by atomic mass is 9.83. The zero-order valence-corrected chi connectivity index (χ0v) is 7.53. The molecule has 4 nitrogen and oxygen atoms in total. The summed E-state index contributed by atoms with van der Waals surface area (Å²) in [6, 6.07) is 1.69. The molecule has 0 radical (unpaired) electrons. The average Bonchev–Trinajstić information content (AvgIpc) is 2.29. The van der Waals surface area contributed by atoms with Gasteiger partial charge in [0.15, 0.2) is 5.69 Å². The van der Waals surface area contributed by atoms with Gasteiger partial charge in [-0.2, -0.15) is 5.10 Å². The average molecular weight is 180 g/mol. The van der Waals surface area contributed by atoms with Crippen LogP contribution in [0.25, 0.3) is 0 Å². The van der Waals surface area contributed by atoms with Gasteiger partial charge in [-0.25, -0.2) is 4.79 Å². The summed E-state index contributed by atoms with van der Waals surface area (Å²) in [5, 5.41) is 12.6. The fourth-order valence-electron chi connectivity index (χ4n) is 1.67. The Morgan fingerprint density at radius 2 is 2.38 bits per heavy atom. The van der Waals surface area contributed by atoms with Crippen molar-refractivity contribution in [2.75, 3.05) is 0 Å². The number of hydrogen-bond donors (Lipinski definition) is 1. The lowest BCUT2D eigenvalue weighted by Crippen LogP contribution is -2.12. The third-order valence-corrected chi connectivity index (χ3v) is 2.66. The Labute approximate surface area is 76.2 Å². The van der Waals surface area contributed by atoms with Crippen molar-refractivity contribution in [2.45, 2.75) is 25.2 Å². The number of nitrogens with zero attached hydrogens (tertiary/aromatic N) is 2. The Balaban J connectivity index is 2.29. The number of aromatic nitrogens is 2. The van der Waals surface area contributed by atoms with Crippen LogP contribution in [-0.2, 0) is 7.05 Å². The number of aromatic carboxylic acids is 1. The zero-order chi connectivity index (χ0) is 9.42. The van der Waals surface area contributed by atoms with E-state index in [1.807, 2.05) is 0 Å². The molecule has 13 heavy (non-hydrogen) atoms. The number of rotatable bonds is 2. The minimum Gasteiger partial charge on any atom is -0.476 e. The number of carboxylic acids is 1. The summed E-state index contributed by atoms with van der Waals surface area (Å²) in [6.45, 7) is 0. The summed E-state index contributed by atoms with van der Waals surface area (Å²) in [6.07, 6.45) is 3.58. The molecule has 1 aliphatic rings. The minimum absolute atomic E-state index is 0.157. The van der Waals surface area contributed by atoms with Crippen LogP contribution in [0.15, 0.2) is 6.07 Å². The molecule has 0 aliphatic heterocycles. The van der Waals surface area contributed by atoms with Crippen LogP contribution in [0.1, 0.15) is 41.4 Å². The Kier molecular flexibility index (Phi) is 1.83. The molecular formula is C9H12N2O2. The van der Waals surface area contributed by atoms with Crippen molar-refractivity contribution in [1.29, 1.82) is 0 Å². The molecule has 70 valence electrons. The van der Waals surface area contributed by atoms with Crippen molar-refractivity contribution < 1.29 is 9.90 Å². The molecule has 1 aromatic rings. The number of aryl methyl sites for hydroxylation is 1. The van der Waals surface area contributed by atoms with E-state index in [1.54, 1.807) is 17.8 Å². The first-order valence-corrected chi connectivity index (χ1v) is 4.45. The van der Waals surface area contributed by atoms with E-state index in [-0.39, 0.29) is 5.69 Å². The molecule has 1 saturated carbocycles.